The number of rotatable bonds is 5. The van der Waals surface area contributed by atoms with Crippen LogP contribution in [0.3, 0.4) is 0 Å². The molecule has 1 N–H and O–H groups in total. The van der Waals surface area contributed by atoms with Crippen LogP contribution in [-0.2, 0) is 6.54 Å². The molecule has 2 nitrogen and oxygen atoms in total. The fraction of sp³-hybridized carbons (Fsp3) is 0.571. The zero-order chi connectivity index (χ0) is 13.8. The number of hydrogen-bond donors (Lipinski definition) is 1. The smallest absolute Gasteiger partial charge is 0.194 e. The molecular formula is C14H19F3N2. The lowest BCUT2D eigenvalue weighted by Gasteiger charge is -2.24. The summed E-state index contributed by atoms with van der Waals surface area (Å²) in [6.45, 7) is 5.10. The van der Waals surface area contributed by atoms with Crippen molar-refractivity contribution in [2.45, 2.75) is 32.4 Å². The van der Waals surface area contributed by atoms with Gasteiger partial charge in [-0.15, -0.1) is 0 Å². The van der Waals surface area contributed by atoms with Gasteiger partial charge in [0.2, 0.25) is 0 Å². The van der Waals surface area contributed by atoms with Crippen LogP contribution < -0.4 is 5.32 Å². The molecule has 0 bridgehead atoms. The summed E-state index contributed by atoms with van der Waals surface area (Å²) >= 11 is 0. The molecule has 1 aliphatic rings. The molecule has 0 saturated carbocycles. The second-order valence-corrected chi connectivity index (χ2v) is 4.99. The van der Waals surface area contributed by atoms with E-state index in [1.807, 2.05) is 6.92 Å². The van der Waals surface area contributed by atoms with Crippen LogP contribution in [0.5, 0.6) is 0 Å². The van der Waals surface area contributed by atoms with Crippen molar-refractivity contribution in [1.82, 2.24) is 10.2 Å². The fourth-order valence-electron chi connectivity index (χ4n) is 2.49. The molecule has 106 valence electrons. The van der Waals surface area contributed by atoms with Crippen molar-refractivity contribution in [2.24, 2.45) is 0 Å². The molecule has 0 amide bonds. The monoisotopic (exact) mass is 272 g/mol. The van der Waals surface area contributed by atoms with E-state index >= 15 is 0 Å². The second-order valence-electron chi connectivity index (χ2n) is 4.99. The predicted octanol–water partition coefficient (Wildman–Crippen LogP) is 2.68. The number of likely N-dealkylation sites (N-methyl/N-ethyl adjacent to an activating group) is 1. The van der Waals surface area contributed by atoms with Crippen LogP contribution in [0, 0.1) is 17.5 Å². The van der Waals surface area contributed by atoms with Gasteiger partial charge in [-0.2, -0.15) is 0 Å². The Labute approximate surface area is 111 Å². The van der Waals surface area contributed by atoms with Gasteiger partial charge < -0.3 is 5.32 Å². The zero-order valence-corrected chi connectivity index (χ0v) is 11.1. The maximum atomic E-state index is 13.2. The van der Waals surface area contributed by atoms with Crippen LogP contribution in [0.15, 0.2) is 12.1 Å². The highest BCUT2D eigenvalue weighted by atomic mass is 19.2. The Morgan fingerprint density at radius 2 is 1.95 bits per heavy atom. The number of nitrogens with zero attached hydrogens (tertiary/aromatic N) is 1. The first-order valence-electron chi connectivity index (χ1n) is 6.69. The van der Waals surface area contributed by atoms with E-state index in [1.165, 1.54) is 6.42 Å². The third-order valence-electron chi connectivity index (χ3n) is 3.54. The Kier molecular flexibility index (Phi) is 4.82. The van der Waals surface area contributed by atoms with E-state index in [1.54, 1.807) is 0 Å². The summed E-state index contributed by atoms with van der Waals surface area (Å²) in [4.78, 5) is 2.11. The molecule has 5 heteroatoms. The SMILES string of the molecule is CCN(Cc1cc(F)c(F)c(F)c1)CC1CCCN1. The van der Waals surface area contributed by atoms with Crippen LogP contribution in [0.2, 0.25) is 0 Å². The lowest BCUT2D eigenvalue weighted by atomic mass is 10.1. The maximum absolute atomic E-state index is 13.2. The molecule has 1 atom stereocenters. The van der Waals surface area contributed by atoms with Crippen molar-refractivity contribution in [3.8, 4) is 0 Å². The maximum Gasteiger partial charge on any atom is 0.194 e. The zero-order valence-electron chi connectivity index (χ0n) is 11.1. The molecule has 0 aromatic heterocycles. The van der Waals surface area contributed by atoms with E-state index in [2.05, 4.69) is 10.2 Å². The van der Waals surface area contributed by atoms with Gasteiger partial charge in [-0.05, 0) is 43.6 Å². The van der Waals surface area contributed by atoms with Crippen molar-refractivity contribution in [3.05, 3.63) is 35.1 Å². The van der Waals surface area contributed by atoms with Crippen molar-refractivity contribution < 1.29 is 13.2 Å². The number of hydrogen-bond acceptors (Lipinski definition) is 2. The van der Waals surface area contributed by atoms with Gasteiger partial charge in [0.05, 0.1) is 0 Å². The second kappa shape index (κ2) is 6.39. The largest absolute Gasteiger partial charge is 0.313 e. The topological polar surface area (TPSA) is 15.3 Å². The quantitative estimate of drug-likeness (QED) is 0.829. The molecule has 1 aromatic carbocycles. The first-order chi connectivity index (χ1) is 9.10. The van der Waals surface area contributed by atoms with Gasteiger partial charge in [-0.1, -0.05) is 6.92 Å². The Morgan fingerprint density at radius 1 is 1.26 bits per heavy atom. The normalized spacial score (nSPS) is 19.3. The molecule has 1 unspecified atom stereocenters. The average molecular weight is 272 g/mol. The van der Waals surface area contributed by atoms with Gasteiger partial charge in [-0.25, -0.2) is 13.2 Å². The summed E-state index contributed by atoms with van der Waals surface area (Å²) in [5.74, 6) is -3.64. The van der Waals surface area contributed by atoms with Crippen molar-refractivity contribution in [3.63, 3.8) is 0 Å². The van der Waals surface area contributed by atoms with E-state index in [4.69, 9.17) is 0 Å². The molecule has 1 heterocycles. The molecular weight excluding hydrogens is 253 g/mol. The van der Waals surface area contributed by atoms with Gasteiger partial charge in [0.15, 0.2) is 17.5 Å². The van der Waals surface area contributed by atoms with Crippen molar-refractivity contribution in [1.29, 1.82) is 0 Å². The molecule has 0 spiro atoms. The van der Waals surface area contributed by atoms with Crippen LogP contribution in [-0.4, -0.2) is 30.6 Å². The van der Waals surface area contributed by atoms with E-state index in [9.17, 15) is 13.2 Å². The van der Waals surface area contributed by atoms with Gasteiger partial charge in [-0.3, -0.25) is 4.90 Å². The summed E-state index contributed by atoms with van der Waals surface area (Å²) in [6, 6.07) is 2.59. The molecule has 1 fully saturated rings. The van der Waals surface area contributed by atoms with Crippen LogP contribution in [0.4, 0.5) is 13.2 Å². The minimum absolute atomic E-state index is 0.433. The van der Waals surface area contributed by atoms with Crippen molar-refractivity contribution >= 4 is 0 Å². The van der Waals surface area contributed by atoms with Crippen molar-refractivity contribution in [2.75, 3.05) is 19.6 Å². The van der Waals surface area contributed by atoms with Crippen LogP contribution in [0.1, 0.15) is 25.3 Å². The molecule has 1 aromatic rings. The third kappa shape index (κ3) is 3.70. The highest BCUT2D eigenvalue weighted by Crippen LogP contribution is 2.16. The molecule has 1 aliphatic heterocycles. The van der Waals surface area contributed by atoms with Crippen LogP contribution >= 0.6 is 0 Å². The first kappa shape index (κ1) is 14.3. The Bertz CT molecular complexity index is 408. The fourth-order valence-corrected chi connectivity index (χ4v) is 2.49. The van der Waals surface area contributed by atoms with Gasteiger partial charge in [0.25, 0.3) is 0 Å². The Morgan fingerprint density at radius 3 is 2.47 bits per heavy atom. The Balaban J connectivity index is 2.01. The van der Waals surface area contributed by atoms with Crippen LogP contribution in [0.25, 0.3) is 0 Å². The average Bonchev–Trinajstić information content (AvgIpc) is 2.88. The third-order valence-corrected chi connectivity index (χ3v) is 3.54. The molecule has 1 saturated heterocycles. The Hall–Kier alpha value is -1.07. The minimum atomic E-state index is -1.40. The summed E-state index contributed by atoms with van der Waals surface area (Å²) < 4.78 is 39.2. The lowest BCUT2D eigenvalue weighted by molar-refractivity contribution is 0.252. The standard InChI is InChI=1S/C14H19F3N2/c1-2-19(9-11-4-3-5-18-11)8-10-6-12(15)14(17)13(16)7-10/h6-7,11,18H,2-5,8-9H2,1H3. The van der Waals surface area contributed by atoms with Gasteiger partial charge in [0, 0.05) is 19.1 Å². The van der Waals surface area contributed by atoms with E-state index in [-0.39, 0.29) is 0 Å². The molecule has 0 aliphatic carbocycles. The van der Waals surface area contributed by atoms with Gasteiger partial charge in [0.1, 0.15) is 0 Å². The summed E-state index contributed by atoms with van der Waals surface area (Å²) in [5.41, 5.74) is 0.469. The van der Waals surface area contributed by atoms with E-state index in [0.717, 1.165) is 38.2 Å². The number of halogens is 3. The first-order valence-corrected chi connectivity index (χ1v) is 6.69. The van der Waals surface area contributed by atoms with Gasteiger partial charge >= 0.3 is 0 Å². The lowest BCUT2D eigenvalue weighted by Crippen LogP contribution is -2.37. The van der Waals surface area contributed by atoms with E-state index < -0.39 is 17.5 Å². The molecule has 0 radical (unpaired) electrons. The molecule has 19 heavy (non-hydrogen) atoms. The van der Waals surface area contributed by atoms with E-state index in [0.29, 0.717) is 18.2 Å². The number of nitrogens with one attached hydrogen (secondary N) is 1. The predicted molar refractivity (Wildman–Crippen MR) is 68.3 cm³/mol. The summed E-state index contributed by atoms with van der Waals surface area (Å²) in [6.07, 6.45) is 2.30. The minimum Gasteiger partial charge on any atom is -0.313 e. The highest BCUT2D eigenvalue weighted by molar-refractivity contribution is 5.19. The number of benzene rings is 1. The summed E-state index contributed by atoms with van der Waals surface area (Å²) in [5, 5.41) is 3.39. The summed E-state index contributed by atoms with van der Waals surface area (Å²) in [7, 11) is 0. The highest BCUT2D eigenvalue weighted by Gasteiger charge is 2.18. The molecule has 2 rings (SSSR count).